The molecular formula is C12H17N3OS. The van der Waals surface area contributed by atoms with Gasteiger partial charge in [0.1, 0.15) is 0 Å². The van der Waals surface area contributed by atoms with Gasteiger partial charge in [0.15, 0.2) is 0 Å². The van der Waals surface area contributed by atoms with Crippen molar-refractivity contribution >= 4 is 17.7 Å². The van der Waals surface area contributed by atoms with Gasteiger partial charge in [0.2, 0.25) is 5.91 Å². The van der Waals surface area contributed by atoms with Gasteiger partial charge < -0.3 is 10.2 Å². The van der Waals surface area contributed by atoms with E-state index in [1.807, 2.05) is 17.0 Å². The number of hydrogen-bond acceptors (Lipinski definition) is 4. The molecule has 4 nitrogen and oxygen atoms in total. The summed E-state index contributed by atoms with van der Waals surface area (Å²) in [5.74, 6) is 0.750. The first-order valence-corrected chi connectivity index (χ1v) is 6.86. The Morgan fingerprint density at radius 1 is 1.35 bits per heavy atom. The third-order valence-corrected chi connectivity index (χ3v) is 3.70. The normalized spacial score (nSPS) is 16.6. The predicted molar refractivity (Wildman–Crippen MR) is 69.0 cm³/mol. The fraction of sp³-hybridized carbons (Fsp3) is 0.500. The first kappa shape index (κ1) is 12.4. The van der Waals surface area contributed by atoms with Gasteiger partial charge in [0.25, 0.3) is 0 Å². The van der Waals surface area contributed by atoms with Crippen LogP contribution in [0.3, 0.4) is 0 Å². The molecule has 0 spiro atoms. The largest absolute Gasteiger partial charge is 0.341 e. The lowest BCUT2D eigenvalue weighted by Gasteiger charge is -2.19. The maximum Gasteiger partial charge on any atom is 0.232 e. The summed E-state index contributed by atoms with van der Waals surface area (Å²) in [4.78, 5) is 19.0. The van der Waals surface area contributed by atoms with E-state index >= 15 is 0 Å². The average Bonchev–Trinajstić information content (AvgIpc) is 2.66. The lowest BCUT2D eigenvalue weighted by Crippen LogP contribution is -2.35. The Bertz CT molecular complexity index is 350. The van der Waals surface area contributed by atoms with E-state index in [-0.39, 0.29) is 5.91 Å². The molecule has 1 aromatic heterocycles. The zero-order valence-corrected chi connectivity index (χ0v) is 10.6. The second kappa shape index (κ2) is 6.61. The molecule has 0 aromatic carbocycles. The van der Waals surface area contributed by atoms with E-state index in [1.54, 1.807) is 24.2 Å². The zero-order chi connectivity index (χ0) is 11.9. The third-order valence-electron chi connectivity index (χ3n) is 2.70. The fourth-order valence-corrected chi connectivity index (χ4v) is 2.55. The summed E-state index contributed by atoms with van der Waals surface area (Å²) >= 11 is 1.58. The summed E-state index contributed by atoms with van der Waals surface area (Å²) in [6.45, 7) is 3.63. The van der Waals surface area contributed by atoms with Gasteiger partial charge in [-0.25, -0.2) is 0 Å². The van der Waals surface area contributed by atoms with Crippen LogP contribution in [0.5, 0.6) is 0 Å². The molecule has 1 aliphatic rings. The van der Waals surface area contributed by atoms with E-state index in [4.69, 9.17) is 0 Å². The Morgan fingerprint density at radius 2 is 2.18 bits per heavy atom. The molecule has 92 valence electrons. The van der Waals surface area contributed by atoms with E-state index in [2.05, 4.69) is 10.3 Å². The summed E-state index contributed by atoms with van der Waals surface area (Å²) in [5, 5.41) is 3.30. The molecule has 1 fully saturated rings. The van der Waals surface area contributed by atoms with Crippen LogP contribution in [0.4, 0.5) is 0 Å². The molecule has 0 unspecified atom stereocenters. The van der Waals surface area contributed by atoms with Crippen LogP contribution in [0, 0.1) is 0 Å². The molecule has 1 N–H and O–H groups in total. The number of nitrogens with one attached hydrogen (secondary N) is 1. The molecule has 1 aliphatic heterocycles. The van der Waals surface area contributed by atoms with Crippen LogP contribution in [-0.2, 0) is 4.79 Å². The van der Waals surface area contributed by atoms with Crippen molar-refractivity contribution in [2.24, 2.45) is 0 Å². The molecule has 5 heteroatoms. The summed E-state index contributed by atoms with van der Waals surface area (Å²) in [5.41, 5.74) is 0. The number of nitrogens with zero attached hydrogens (tertiary/aromatic N) is 2. The second-order valence-electron chi connectivity index (χ2n) is 3.96. The molecule has 0 bridgehead atoms. The molecule has 1 saturated heterocycles. The minimum atomic E-state index is 0.232. The molecule has 2 rings (SSSR count). The summed E-state index contributed by atoms with van der Waals surface area (Å²) in [7, 11) is 0. The van der Waals surface area contributed by atoms with E-state index < -0.39 is 0 Å². The highest BCUT2D eigenvalue weighted by Gasteiger charge is 2.14. The van der Waals surface area contributed by atoms with Crippen molar-refractivity contribution in [1.82, 2.24) is 15.2 Å². The lowest BCUT2D eigenvalue weighted by molar-refractivity contribution is -0.128. The molecule has 0 saturated carbocycles. The minimum Gasteiger partial charge on any atom is -0.341 e. The highest BCUT2D eigenvalue weighted by molar-refractivity contribution is 8.00. The van der Waals surface area contributed by atoms with E-state index in [0.29, 0.717) is 5.75 Å². The SMILES string of the molecule is O=C(CSc1ccncc1)N1CCCNCC1. The van der Waals surface area contributed by atoms with Crippen molar-refractivity contribution in [2.75, 3.05) is 31.9 Å². The van der Waals surface area contributed by atoms with Crippen LogP contribution >= 0.6 is 11.8 Å². The van der Waals surface area contributed by atoms with Crippen LogP contribution < -0.4 is 5.32 Å². The summed E-state index contributed by atoms with van der Waals surface area (Å²) < 4.78 is 0. The summed E-state index contributed by atoms with van der Waals surface area (Å²) in [6, 6.07) is 3.86. The Labute approximate surface area is 106 Å². The van der Waals surface area contributed by atoms with Gasteiger partial charge >= 0.3 is 0 Å². The number of thioether (sulfide) groups is 1. The fourth-order valence-electron chi connectivity index (χ4n) is 1.77. The van der Waals surface area contributed by atoms with E-state index in [9.17, 15) is 4.79 Å². The van der Waals surface area contributed by atoms with Gasteiger partial charge in [0.05, 0.1) is 5.75 Å². The molecule has 1 aromatic rings. The average molecular weight is 251 g/mol. The van der Waals surface area contributed by atoms with Crippen molar-refractivity contribution in [3.05, 3.63) is 24.5 Å². The third kappa shape index (κ3) is 4.02. The maximum atomic E-state index is 12.0. The van der Waals surface area contributed by atoms with Gasteiger partial charge in [-0.15, -0.1) is 11.8 Å². The van der Waals surface area contributed by atoms with E-state index in [1.165, 1.54) is 0 Å². The zero-order valence-electron chi connectivity index (χ0n) is 9.76. The van der Waals surface area contributed by atoms with Gasteiger partial charge in [0, 0.05) is 36.9 Å². The standard InChI is InChI=1S/C12H17N3OS/c16-12(15-8-1-4-13-7-9-15)10-17-11-2-5-14-6-3-11/h2-3,5-6,13H,1,4,7-10H2. The Hall–Kier alpha value is -1.07. The number of aromatic nitrogens is 1. The number of hydrogen-bond donors (Lipinski definition) is 1. The number of carbonyl (C=O) groups is 1. The van der Waals surface area contributed by atoms with Crippen LogP contribution in [0.25, 0.3) is 0 Å². The Balaban J connectivity index is 1.80. The number of pyridine rings is 1. The number of amides is 1. The van der Waals surface area contributed by atoms with Gasteiger partial charge in [-0.3, -0.25) is 9.78 Å². The van der Waals surface area contributed by atoms with Gasteiger partial charge in [-0.1, -0.05) is 0 Å². The number of rotatable bonds is 3. The van der Waals surface area contributed by atoms with Crippen LogP contribution in [0.1, 0.15) is 6.42 Å². The minimum absolute atomic E-state index is 0.232. The molecule has 17 heavy (non-hydrogen) atoms. The monoisotopic (exact) mass is 251 g/mol. The molecule has 0 radical (unpaired) electrons. The van der Waals surface area contributed by atoms with Crippen molar-refractivity contribution < 1.29 is 4.79 Å². The van der Waals surface area contributed by atoms with Crippen LogP contribution in [-0.4, -0.2) is 47.7 Å². The maximum absolute atomic E-state index is 12.0. The van der Waals surface area contributed by atoms with Gasteiger partial charge in [-0.05, 0) is 25.1 Å². The first-order valence-electron chi connectivity index (χ1n) is 5.87. The lowest BCUT2D eigenvalue weighted by atomic mass is 10.4. The van der Waals surface area contributed by atoms with Crippen molar-refractivity contribution in [3.8, 4) is 0 Å². The second-order valence-corrected chi connectivity index (χ2v) is 5.00. The Kier molecular flexibility index (Phi) is 4.82. The highest BCUT2D eigenvalue weighted by atomic mass is 32.2. The van der Waals surface area contributed by atoms with Crippen molar-refractivity contribution in [1.29, 1.82) is 0 Å². The van der Waals surface area contributed by atoms with Crippen LogP contribution in [0.2, 0.25) is 0 Å². The topological polar surface area (TPSA) is 45.2 Å². The number of carbonyl (C=O) groups excluding carboxylic acids is 1. The predicted octanol–water partition coefficient (Wildman–Crippen LogP) is 0.996. The van der Waals surface area contributed by atoms with Crippen LogP contribution in [0.15, 0.2) is 29.4 Å². The molecule has 2 heterocycles. The van der Waals surface area contributed by atoms with Gasteiger partial charge in [-0.2, -0.15) is 0 Å². The summed E-state index contributed by atoms with van der Waals surface area (Å²) in [6.07, 6.45) is 4.55. The van der Waals surface area contributed by atoms with E-state index in [0.717, 1.165) is 37.5 Å². The Morgan fingerprint density at radius 3 is 3.00 bits per heavy atom. The molecular weight excluding hydrogens is 234 g/mol. The molecule has 0 atom stereocenters. The molecule has 0 aliphatic carbocycles. The molecule has 1 amide bonds. The van der Waals surface area contributed by atoms with Crippen molar-refractivity contribution in [3.63, 3.8) is 0 Å². The smallest absolute Gasteiger partial charge is 0.232 e. The highest BCUT2D eigenvalue weighted by Crippen LogP contribution is 2.16. The quantitative estimate of drug-likeness (QED) is 0.814. The van der Waals surface area contributed by atoms with Crippen molar-refractivity contribution in [2.45, 2.75) is 11.3 Å². The first-order chi connectivity index (χ1) is 8.36.